The molecule has 1 aliphatic rings. The van der Waals surface area contributed by atoms with E-state index < -0.39 is 15.9 Å². The van der Waals surface area contributed by atoms with Crippen molar-refractivity contribution < 1.29 is 22.7 Å². The first-order valence-electron chi connectivity index (χ1n) is 8.78. The predicted molar refractivity (Wildman–Crippen MR) is 103 cm³/mol. The number of ether oxygens (including phenoxy) is 2. The maximum absolute atomic E-state index is 12.5. The zero-order valence-corrected chi connectivity index (χ0v) is 16.8. The molecule has 7 nitrogen and oxygen atoms in total. The highest BCUT2D eigenvalue weighted by Gasteiger charge is 2.21. The number of carbonyl (C=O) groups is 1. The molecule has 146 valence electrons. The second-order valence-electron chi connectivity index (χ2n) is 5.95. The number of fused-ring (bicyclic) bond motifs is 1. The fraction of sp³-hybridized carbons (Fsp3) is 0.389. The molecule has 0 aliphatic heterocycles. The minimum atomic E-state index is -3.94. The Kier molecular flexibility index (Phi) is 6.03. The van der Waals surface area contributed by atoms with Crippen LogP contribution in [-0.4, -0.2) is 27.5 Å². The Morgan fingerprint density at radius 1 is 1.11 bits per heavy atom. The number of rotatable bonds is 8. The van der Waals surface area contributed by atoms with E-state index in [0.29, 0.717) is 29.6 Å². The number of carbonyl (C=O) groups excluding carboxylic acids is 1. The van der Waals surface area contributed by atoms with Crippen LogP contribution in [0.4, 0.5) is 0 Å². The zero-order chi connectivity index (χ0) is 19.4. The van der Waals surface area contributed by atoms with Gasteiger partial charge in [0.2, 0.25) is 0 Å². The molecule has 0 unspecified atom stereocenters. The third-order valence-corrected chi connectivity index (χ3v) is 6.58. The number of aryl methyl sites for hydroxylation is 2. The van der Waals surface area contributed by atoms with Gasteiger partial charge in [0.05, 0.1) is 23.0 Å². The fourth-order valence-electron chi connectivity index (χ4n) is 2.87. The molecule has 1 amide bonds. The van der Waals surface area contributed by atoms with Gasteiger partial charge >= 0.3 is 0 Å². The van der Waals surface area contributed by atoms with Crippen LogP contribution in [0.1, 0.15) is 40.4 Å². The largest absolute Gasteiger partial charge is 0.490 e. The Balaban J connectivity index is 1.71. The molecule has 1 heterocycles. The van der Waals surface area contributed by atoms with Gasteiger partial charge in [-0.25, -0.2) is 8.42 Å². The summed E-state index contributed by atoms with van der Waals surface area (Å²) < 4.78 is 35.9. The van der Waals surface area contributed by atoms with E-state index >= 15 is 0 Å². The van der Waals surface area contributed by atoms with Crippen molar-refractivity contribution >= 4 is 27.3 Å². The fourth-order valence-corrected chi connectivity index (χ4v) is 4.88. The molecule has 0 spiro atoms. The predicted octanol–water partition coefficient (Wildman–Crippen LogP) is 2.66. The van der Waals surface area contributed by atoms with Crippen LogP contribution < -0.4 is 19.7 Å². The molecule has 0 saturated heterocycles. The van der Waals surface area contributed by atoms with Crippen LogP contribution in [0.5, 0.6) is 11.5 Å². The Hall–Kier alpha value is -2.10. The average Bonchev–Trinajstić information content (AvgIpc) is 3.23. The SMILES string of the molecule is CCOc1ccc(S(=O)(=O)NNC(=O)c2cc3c(s2)CCC3)cc1OCC. The normalized spacial score (nSPS) is 13.3. The van der Waals surface area contributed by atoms with E-state index in [4.69, 9.17) is 9.47 Å². The van der Waals surface area contributed by atoms with Gasteiger partial charge < -0.3 is 9.47 Å². The summed E-state index contributed by atoms with van der Waals surface area (Å²) in [5, 5.41) is 0. The Bertz CT molecular complexity index is 916. The lowest BCUT2D eigenvalue weighted by Crippen LogP contribution is -2.41. The van der Waals surface area contributed by atoms with Crippen LogP contribution >= 0.6 is 11.3 Å². The first-order chi connectivity index (χ1) is 12.9. The van der Waals surface area contributed by atoms with Crippen molar-refractivity contribution in [3.63, 3.8) is 0 Å². The smallest absolute Gasteiger partial charge is 0.276 e. The zero-order valence-electron chi connectivity index (χ0n) is 15.2. The summed E-state index contributed by atoms with van der Waals surface area (Å²) in [5.41, 5.74) is 3.46. The van der Waals surface area contributed by atoms with Crippen molar-refractivity contribution in [1.82, 2.24) is 10.3 Å². The first-order valence-corrected chi connectivity index (χ1v) is 11.1. The highest BCUT2D eigenvalue weighted by atomic mass is 32.2. The van der Waals surface area contributed by atoms with E-state index in [1.54, 1.807) is 6.92 Å². The molecule has 1 aromatic carbocycles. The van der Waals surface area contributed by atoms with Crippen LogP contribution in [0.3, 0.4) is 0 Å². The quantitative estimate of drug-likeness (QED) is 0.653. The van der Waals surface area contributed by atoms with Crippen molar-refractivity contribution in [2.24, 2.45) is 0 Å². The van der Waals surface area contributed by atoms with Gasteiger partial charge in [0, 0.05) is 10.9 Å². The lowest BCUT2D eigenvalue weighted by molar-refractivity contribution is 0.0949. The van der Waals surface area contributed by atoms with Crippen molar-refractivity contribution in [2.45, 2.75) is 38.0 Å². The molecule has 0 bridgehead atoms. The summed E-state index contributed by atoms with van der Waals surface area (Å²) in [6.07, 6.45) is 3.05. The average molecular weight is 411 g/mol. The summed E-state index contributed by atoms with van der Waals surface area (Å²) in [6, 6.07) is 6.15. The van der Waals surface area contributed by atoms with E-state index in [9.17, 15) is 13.2 Å². The minimum absolute atomic E-state index is 0.0247. The molecule has 0 atom stereocenters. The number of benzene rings is 1. The van der Waals surface area contributed by atoms with Crippen molar-refractivity contribution in [3.05, 3.63) is 39.6 Å². The molecule has 3 rings (SSSR count). The van der Waals surface area contributed by atoms with Crippen LogP contribution in [0.15, 0.2) is 29.2 Å². The molecule has 1 aromatic heterocycles. The first kappa shape index (κ1) is 19.7. The summed E-state index contributed by atoms with van der Waals surface area (Å²) >= 11 is 1.41. The second kappa shape index (κ2) is 8.28. The van der Waals surface area contributed by atoms with E-state index in [0.717, 1.165) is 19.3 Å². The topological polar surface area (TPSA) is 93.7 Å². The highest BCUT2D eigenvalue weighted by Crippen LogP contribution is 2.31. The number of amides is 1. The monoisotopic (exact) mass is 410 g/mol. The third kappa shape index (κ3) is 4.42. The Morgan fingerprint density at radius 3 is 2.56 bits per heavy atom. The molecule has 0 saturated carbocycles. The Morgan fingerprint density at radius 2 is 1.85 bits per heavy atom. The van der Waals surface area contributed by atoms with E-state index in [2.05, 4.69) is 10.3 Å². The molecule has 2 N–H and O–H groups in total. The number of sulfonamides is 1. The standard InChI is InChI=1S/C18H22N2O5S2/c1-3-24-14-9-8-13(11-15(14)25-4-2)27(22,23)20-19-18(21)17-10-12-6-5-7-16(12)26-17/h8-11,20H,3-7H2,1-2H3,(H,19,21). The van der Waals surface area contributed by atoms with Crippen molar-refractivity contribution in [3.8, 4) is 11.5 Å². The maximum atomic E-state index is 12.5. The van der Waals surface area contributed by atoms with Crippen LogP contribution in [0.2, 0.25) is 0 Å². The molecular formula is C18H22N2O5S2. The van der Waals surface area contributed by atoms with Gasteiger partial charge in [-0.1, -0.05) is 0 Å². The van der Waals surface area contributed by atoms with Gasteiger partial charge in [0.1, 0.15) is 0 Å². The molecule has 9 heteroatoms. The maximum Gasteiger partial charge on any atom is 0.276 e. The van der Waals surface area contributed by atoms with Gasteiger partial charge in [-0.2, -0.15) is 0 Å². The third-order valence-electron chi connectivity index (χ3n) is 4.09. The number of hydrogen-bond acceptors (Lipinski definition) is 6. The Labute approximate surface area is 162 Å². The van der Waals surface area contributed by atoms with Gasteiger partial charge in [0.15, 0.2) is 11.5 Å². The molecule has 2 aromatic rings. The lowest BCUT2D eigenvalue weighted by atomic mass is 10.2. The highest BCUT2D eigenvalue weighted by molar-refractivity contribution is 7.89. The van der Waals surface area contributed by atoms with Gasteiger partial charge in [-0.3, -0.25) is 10.2 Å². The minimum Gasteiger partial charge on any atom is -0.490 e. The molecular weight excluding hydrogens is 388 g/mol. The van der Waals surface area contributed by atoms with E-state index in [1.165, 1.54) is 40.0 Å². The molecule has 27 heavy (non-hydrogen) atoms. The van der Waals surface area contributed by atoms with Gasteiger partial charge in [0.25, 0.3) is 15.9 Å². The van der Waals surface area contributed by atoms with Gasteiger partial charge in [-0.15, -0.1) is 16.2 Å². The lowest BCUT2D eigenvalue weighted by Gasteiger charge is -2.13. The summed E-state index contributed by atoms with van der Waals surface area (Å²) in [4.78, 5) is 16.1. The number of thiophene rings is 1. The van der Waals surface area contributed by atoms with Crippen molar-refractivity contribution in [1.29, 1.82) is 0 Å². The summed E-state index contributed by atoms with van der Waals surface area (Å²) in [7, 11) is -3.94. The van der Waals surface area contributed by atoms with Crippen molar-refractivity contribution in [2.75, 3.05) is 13.2 Å². The molecule has 0 radical (unpaired) electrons. The number of hydrogen-bond donors (Lipinski definition) is 2. The van der Waals surface area contributed by atoms with Gasteiger partial charge in [-0.05, 0) is 56.9 Å². The summed E-state index contributed by atoms with van der Waals surface area (Å²) in [6.45, 7) is 4.44. The number of hydrazine groups is 1. The molecule has 1 aliphatic carbocycles. The van der Waals surface area contributed by atoms with E-state index in [1.807, 2.05) is 13.0 Å². The number of nitrogens with one attached hydrogen (secondary N) is 2. The van der Waals surface area contributed by atoms with Crippen LogP contribution in [0, 0.1) is 0 Å². The second-order valence-corrected chi connectivity index (χ2v) is 8.77. The van der Waals surface area contributed by atoms with Crippen LogP contribution in [-0.2, 0) is 22.9 Å². The van der Waals surface area contributed by atoms with E-state index in [-0.39, 0.29) is 4.90 Å². The molecule has 0 fully saturated rings. The van der Waals surface area contributed by atoms with Crippen LogP contribution in [0.25, 0.3) is 0 Å². The summed E-state index contributed by atoms with van der Waals surface area (Å²) in [5.74, 6) is 0.340.